The van der Waals surface area contributed by atoms with Gasteiger partial charge in [-0.2, -0.15) is 0 Å². The number of amides is 1. The maximum Gasteiger partial charge on any atom is 0.236 e. The molecule has 118 valence electrons. The van der Waals surface area contributed by atoms with Crippen LogP contribution in [0.5, 0.6) is 0 Å². The average Bonchev–Trinajstić information content (AvgIpc) is 2.95. The average molecular weight is 292 g/mol. The number of ketones is 1. The molecule has 3 rings (SSSR count). The van der Waals surface area contributed by atoms with Gasteiger partial charge in [0.15, 0.2) is 0 Å². The van der Waals surface area contributed by atoms with Gasteiger partial charge in [0.1, 0.15) is 5.78 Å². The van der Waals surface area contributed by atoms with Crippen molar-refractivity contribution in [1.82, 2.24) is 9.80 Å². The second kappa shape index (κ2) is 6.91. The van der Waals surface area contributed by atoms with Gasteiger partial charge in [0, 0.05) is 31.5 Å². The van der Waals surface area contributed by atoms with Crippen molar-refractivity contribution in [3.05, 3.63) is 0 Å². The molecule has 0 aromatic heterocycles. The minimum atomic E-state index is 0.208. The van der Waals surface area contributed by atoms with Crippen molar-refractivity contribution in [3.63, 3.8) is 0 Å². The van der Waals surface area contributed by atoms with Gasteiger partial charge >= 0.3 is 0 Å². The predicted octanol–water partition coefficient (Wildman–Crippen LogP) is 2.22. The Morgan fingerprint density at radius 1 is 0.952 bits per heavy atom. The number of hydrogen-bond donors (Lipinski definition) is 0. The van der Waals surface area contributed by atoms with Crippen LogP contribution in [0.4, 0.5) is 0 Å². The SMILES string of the molecule is O=C1CCCC1C1CCCCN1CC(=O)N1CCCCC1. The number of carbonyl (C=O) groups excluding carboxylic acids is 2. The Morgan fingerprint density at radius 2 is 1.71 bits per heavy atom. The monoisotopic (exact) mass is 292 g/mol. The first-order chi connectivity index (χ1) is 10.3. The Hall–Kier alpha value is -0.900. The van der Waals surface area contributed by atoms with Gasteiger partial charge in [0.2, 0.25) is 5.91 Å². The zero-order valence-corrected chi connectivity index (χ0v) is 13.1. The van der Waals surface area contributed by atoms with Crippen LogP contribution < -0.4 is 0 Å². The fraction of sp³-hybridized carbons (Fsp3) is 0.882. The first kappa shape index (κ1) is 15.0. The van der Waals surface area contributed by atoms with E-state index in [1.54, 1.807) is 0 Å². The number of piperidine rings is 2. The van der Waals surface area contributed by atoms with Crippen LogP contribution in [-0.4, -0.2) is 53.7 Å². The molecule has 2 heterocycles. The Balaban J connectivity index is 1.61. The highest BCUT2D eigenvalue weighted by molar-refractivity contribution is 5.84. The summed E-state index contributed by atoms with van der Waals surface area (Å²) in [7, 11) is 0. The number of likely N-dealkylation sites (tertiary alicyclic amines) is 2. The van der Waals surface area contributed by atoms with Gasteiger partial charge in [-0.05, 0) is 51.5 Å². The molecule has 0 N–H and O–H groups in total. The van der Waals surface area contributed by atoms with E-state index in [-0.39, 0.29) is 11.8 Å². The van der Waals surface area contributed by atoms with Crippen LogP contribution in [0.1, 0.15) is 57.8 Å². The van der Waals surface area contributed by atoms with Crippen LogP contribution in [-0.2, 0) is 9.59 Å². The van der Waals surface area contributed by atoms with E-state index >= 15 is 0 Å². The van der Waals surface area contributed by atoms with Crippen molar-refractivity contribution >= 4 is 11.7 Å². The van der Waals surface area contributed by atoms with Crippen LogP contribution in [0.3, 0.4) is 0 Å². The zero-order chi connectivity index (χ0) is 14.7. The fourth-order valence-corrected chi connectivity index (χ4v) is 4.34. The lowest BCUT2D eigenvalue weighted by atomic mass is 9.88. The Bertz CT molecular complexity index is 390. The van der Waals surface area contributed by atoms with Gasteiger partial charge in [-0.3, -0.25) is 14.5 Å². The fourth-order valence-electron chi connectivity index (χ4n) is 4.34. The largest absolute Gasteiger partial charge is 0.342 e. The summed E-state index contributed by atoms with van der Waals surface area (Å²) >= 11 is 0. The number of nitrogens with zero attached hydrogens (tertiary/aromatic N) is 2. The molecule has 0 aromatic rings. The molecule has 21 heavy (non-hydrogen) atoms. The van der Waals surface area contributed by atoms with Crippen molar-refractivity contribution in [2.45, 2.75) is 63.8 Å². The highest BCUT2D eigenvalue weighted by Crippen LogP contribution is 2.32. The van der Waals surface area contributed by atoms with E-state index in [1.807, 2.05) is 4.90 Å². The number of carbonyl (C=O) groups is 2. The van der Waals surface area contributed by atoms with Crippen LogP contribution in [0.2, 0.25) is 0 Å². The van der Waals surface area contributed by atoms with Gasteiger partial charge in [-0.15, -0.1) is 0 Å². The molecule has 1 aliphatic carbocycles. The summed E-state index contributed by atoms with van der Waals surface area (Å²) in [5.74, 6) is 0.934. The smallest absolute Gasteiger partial charge is 0.236 e. The second-order valence-corrected chi connectivity index (χ2v) is 6.94. The lowest BCUT2D eigenvalue weighted by Gasteiger charge is -2.39. The van der Waals surface area contributed by atoms with Crippen molar-refractivity contribution in [1.29, 1.82) is 0 Å². The van der Waals surface area contributed by atoms with Gasteiger partial charge in [0.25, 0.3) is 0 Å². The molecule has 4 nitrogen and oxygen atoms in total. The molecule has 1 saturated carbocycles. The van der Waals surface area contributed by atoms with Crippen LogP contribution in [0.25, 0.3) is 0 Å². The molecule has 0 bridgehead atoms. The first-order valence-electron chi connectivity index (χ1n) is 8.80. The van der Waals surface area contributed by atoms with E-state index in [0.717, 1.165) is 58.2 Å². The van der Waals surface area contributed by atoms with Gasteiger partial charge in [-0.1, -0.05) is 6.42 Å². The minimum Gasteiger partial charge on any atom is -0.342 e. The molecular weight excluding hydrogens is 264 g/mol. The first-order valence-corrected chi connectivity index (χ1v) is 8.80. The van der Waals surface area contributed by atoms with E-state index in [4.69, 9.17) is 0 Å². The molecular formula is C17H28N2O2. The third kappa shape index (κ3) is 3.47. The zero-order valence-electron chi connectivity index (χ0n) is 13.1. The highest BCUT2D eigenvalue weighted by Gasteiger charge is 2.37. The highest BCUT2D eigenvalue weighted by atomic mass is 16.2. The quantitative estimate of drug-likeness (QED) is 0.801. The molecule has 1 amide bonds. The number of rotatable bonds is 3. The molecule has 4 heteroatoms. The lowest BCUT2D eigenvalue weighted by molar-refractivity contribution is -0.136. The molecule has 2 saturated heterocycles. The van der Waals surface area contributed by atoms with Crippen molar-refractivity contribution in [2.24, 2.45) is 5.92 Å². The van der Waals surface area contributed by atoms with Crippen molar-refractivity contribution in [3.8, 4) is 0 Å². The Kier molecular flexibility index (Phi) is 4.94. The number of Topliss-reactive ketones (excluding diaryl/α,β-unsaturated/α-hetero) is 1. The van der Waals surface area contributed by atoms with Gasteiger partial charge < -0.3 is 4.90 Å². The van der Waals surface area contributed by atoms with Crippen LogP contribution >= 0.6 is 0 Å². The van der Waals surface area contributed by atoms with Crippen molar-refractivity contribution in [2.75, 3.05) is 26.2 Å². The van der Waals surface area contributed by atoms with Crippen LogP contribution in [0.15, 0.2) is 0 Å². The molecule has 0 aromatic carbocycles. The van der Waals surface area contributed by atoms with Crippen molar-refractivity contribution < 1.29 is 9.59 Å². The van der Waals surface area contributed by atoms with E-state index in [1.165, 1.54) is 19.3 Å². The summed E-state index contributed by atoms with van der Waals surface area (Å²) in [6.45, 7) is 3.39. The van der Waals surface area contributed by atoms with E-state index in [0.29, 0.717) is 18.4 Å². The van der Waals surface area contributed by atoms with E-state index in [2.05, 4.69) is 4.90 Å². The van der Waals surface area contributed by atoms with Crippen LogP contribution in [0, 0.1) is 5.92 Å². The molecule has 0 spiro atoms. The molecule has 2 unspecified atom stereocenters. The summed E-state index contributed by atoms with van der Waals surface area (Å²) in [5, 5.41) is 0. The lowest BCUT2D eigenvalue weighted by Crippen LogP contribution is -2.50. The maximum atomic E-state index is 12.5. The summed E-state index contributed by atoms with van der Waals surface area (Å²) in [6.07, 6.45) is 9.89. The normalized spacial score (nSPS) is 31.6. The number of hydrogen-bond acceptors (Lipinski definition) is 3. The standard InChI is InChI=1S/C17H28N2O2/c20-16-9-6-7-14(16)15-8-2-5-12-19(15)13-17(21)18-10-3-1-4-11-18/h14-15H,1-13H2. The maximum absolute atomic E-state index is 12.5. The minimum absolute atomic E-state index is 0.208. The van der Waals surface area contributed by atoms with E-state index in [9.17, 15) is 9.59 Å². The summed E-state index contributed by atoms with van der Waals surface area (Å²) in [5.41, 5.74) is 0. The molecule has 2 atom stereocenters. The summed E-state index contributed by atoms with van der Waals surface area (Å²) in [4.78, 5) is 29.0. The summed E-state index contributed by atoms with van der Waals surface area (Å²) in [6, 6.07) is 0.336. The molecule has 0 radical (unpaired) electrons. The van der Waals surface area contributed by atoms with E-state index < -0.39 is 0 Å². The third-order valence-corrected chi connectivity index (χ3v) is 5.53. The topological polar surface area (TPSA) is 40.6 Å². The van der Waals surface area contributed by atoms with Gasteiger partial charge in [0.05, 0.1) is 6.54 Å². The Labute approximate surface area is 127 Å². The second-order valence-electron chi connectivity index (χ2n) is 6.94. The molecule has 3 fully saturated rings. The Morgan fingerprint density at radius 3 is 2.43 bits per heavy atom. The third-order valence-electron chi connectivity index (χ3n) is 5.53. The van der Waals surface area contributed by atoms with Gasteiger partial charge in [-0.25, -0.2) is 0 Å². The summed E-state index contributed by atoms with van der Waals surface area (Å²) < 4.78 is 0. The molecule has 3 aliphatic rings. The predicted molar refractivity (Wildman–Crippen MR) is 82.0 cm³/mol. The molecule has 2 aliphatic heterocycles.